The van der Waals surface area contributed by atoms with Crippen molar-refractivity contribution in [3.8, 4) is 17.5 Å². The molecule has 2 aromatic heterocycles. The predicted molar refractivity (Wildman–Crippen MR) is 114 cm³/mol. The van der Waals surface area contributed by atoms with Gasteiger partial charge in [-0.15, -0.1) is 0 Å². The average molecular weight is 478 g/mol. The first-order chi connectivity index (χ1) is 16.1. The fourth-order valence-electron chi connectivity index (χ4n) is 3.77. The number of halogens is 3. The summed E-state index contributed by atoms with van der Waals surface area (Å²) in [5.74, 6) is -0.108. The van der Waals surface area contributed by atoms with Crippen LogP contribution in [0.2, 0.25) is 0 Å². The Balaban J connectivity index is 1.51. The standard InChI is InChI=1S/C21H21F3N6O4/c1-13-11-17(28(2)27-13)34-20-18(30(31)32)19(25-12-26-20)29-9-7-14(8-10-29)33-16-6-4-3-5-15(16)21(22,23)24/h3-6,11-12,14H,7-10H2,1-2H3. The number of piperidine rings is 1. The third kappa shape index (κ3) is 4.87. The van der Waals surface area contributed by atoms with Gasteiger partial charge in [0, 0.05) is 39.0 Å². The fourth-order valence-corrected chi connectivity index (χ4v) is 3.77. The van der Waals surface area contributed by atoms with E-state index in [1.54, 1.807) is 24.9 Å². The SMILES string of the molecule is Cc1cc(Oc2ncnc(N3CCC(Oc4ccccc4C(F)(F)F)CC3)c2[N+](=O)[O-])n(C)n1. The van der Waals surface area contributed by atoms with E-state index in [1.807, 2.05) is 0 Å². The number of aryl methyl sites for hydroxylation is 2. The molecule has 4 rings (SSSR count). The molecular formula is C21H21F3N6O4. The third-order valence-corrected chi connectivity index (χ3v) is 5.34. The highest BCUT2D eigenvalue weighted by atomic mass is 19.4. The highest BCUT2D eigenvalue weighted by Crippen LogP contribution is 2.39. The predicted octanol–water partition coefficient (Wildman–Crippen LogP) is 4.29. The molecule has 0 unspecified atom stereocenters. The molecular weight excluding hydrogens is 457 g/mol. The van der Waals surface area contributed by atoms with E-state index in [9.17, 15) is 23.3 Å². The Hall–Kier alpha value is -3.90. The molecule has 3 heterocycles. The number of nitro groups is 1. The van der Waals surface area contributed by atoms with E-state index in [0.717, 1.165) is 6.07 Å². The van der Waals surface area contributed by atoms with Gasteiger partial charge >= 0.3 is 17.7 Å². The monoisotopic (exact) mass is 478 g/mol. The van der Waals surface area contributed by atoms with Gasteiger partial charge < -0.3 is 14.4 Å². The molecule has 0 radical (unpaired) electrons. The summed E-state index contributed by atoms with van der Waals surface area (Å²) in [6.45, 7) is 2.34. The summed E-state index contributed by atoms with van der Waals surface area (Å²) in [6, 6.07) is 6.66. The minimum Gasteiger partial charge on any atom is -0.490 e. The molecule has 1 aliphatic rings. The quantitative estimate of drug-likeness (QED) is 0.382. The van der Waals surface area contributed by atoms with Crippen molar-refractivity contribution in [2.75, 3.05) is 18.0 Å². The lowest BCUT2D eigenvalue weighted by molar-refractivity contribution is -0.385. The van der Waals surface area contributed by atoms with E-state index < -0.39 is 28.5 Å². The van der Waals surface area contributed by atoms with Crippen molar-refractivity contribution >= 4 is 11.5 Å². The number of hydrogen-bond donors (Lipinski definition) is 0. The van der Waals surface area contributed by atoms with E-state index >= 15 is 0 Å². The lowest BCUT2D eigenvalue weighted by atomic mass is 10.1. The first kappa shape index (κ1) is 23.3. The van der Waals surface area contributed by atoms with Crippen LogP contribution in [-0.4, -0.2) is 43.9 Å². The molecule has 13 heteroatoms. The Morgan fingerprint density at radius 2 is 1.88 bits per heavy atom. The maximum absolute atomic E-state index is 13.2. The van der Waals surface area contributed by atoms with Gasteiger partial charge in [0.1, 0.15) is 18.2 Å². The number of anilines is 1. The zero-order valence-corrected chi connectivity index (χ0v) is 18.3. The van der Waals surface area contributed by atoms with Crippen LogP contribution in [0.25, 0.3) is 0 Å². The van der Waals surface area contributed by atoms with Crippen LogP contribution in [0.1, 0.15) is 24.1 Å². The maximum Gasteiger partial charge on any atom is 0.419 e. The minimum absolute atomic E-state index is 0.0723. The second-order valence-electron chi connectivity index (χ2n) is 7.76. The minimum atomic E-state index is -4.53. The summed E-state index contributed by atoms with van der Waals surface area (Å²) >= 11 is 0. The van der Waals surface area contributed by atoms with E-state index in [2.05, 4.69) is 15.1 Å². The number of para-hydroxylation sites is 1. The molecule has 0 amide bonds. The Bertz CT molecular complexity index is 1190. The maximum atomic E-state index is 13.2. The number of aromatic nitrogens is 4. The van der Waals surface area contributed by atoms with E-state index in [-0.39, 0.29) is 23.3 Å². The van der Waals surface area contributed by atoms with Gasteiger partial charge in [0.15, 0.2) is 0 Å². The lowest BCUT2D eigenvalue weighted by Crippen LogP contribution is -2.39. The summed E-state index contributed by atoms with van der Waals surface area (Å²) in [6.07, 6.45) is -3.13. The van der Waals surface area contributed by atoms with Crippen molar-refractivity contribution in [2.45, 2.75) is 32.0 Å². The van der Waals surface area contributed by atoms with Crippen LogP contribution >= 0.6 is 0 Å². The van der Waals surface area contributed by atoms with Crippen molar-refractivity contribution in [3.05, 3.63) is 58.0 Å². The average Bonchev–Trinajstić information content (AvgIpc) is 3.10. The Morgan fingerprint density at radius 3 is 2.50 bits per heavy atom. The number of hydrogen-bond acceptors (Lipinski definition) is 8. The van der Waals surface area contributed by atoms with Crippen molar-refractivity contribution in [2.24, 2.45) is 7.05 Å². The summed E-state index contributed by atoms with van der Waals surface area (Å²) < 4.78 is 52.5. The van der Waals surface area contributed by atoms with Crippen LogP contribution in [0.4, 0.5) is 24.7 Å². The van der Waals surface area contributed by atoms with Crippen molar-refractivity contribution < 1.29 is 27.6 Å². The molecule has 180 valence electrons. The summed E-state index contributed by atoms with van der Waals surface area (Å²) in [7, 11) is 1.64. The molecule has 0 bridgehead atoms. The molecule has 1 aliphatic heterocycles. The molecule has 1 saturated heterocycles. The highest BCUT2D eigenvalue weighted by Gasteiger charge is 2.36. The van der Waals surface area contributed by atoms with Crippen LogP contribution < -0.4 is 14.4 Å². The van der Waals surface area contributed by atoms with Gasteiger partial charge in [0.05, 0.1) is 16.2 Å². The first-order valence-corrected chi connectivity index (χ1v) is 10.4. The smallest absolute Gasteiger partial charge is 0.419 e. The van der Waals surface area contributed by atoms with Crippen molar-refractivity contribution in [1.29, 1.82) is 0 Å². The molecule has 1 aromatic carbocycles. The number of nitrogens with zero attached hydrogens (tertiary/aromatic N) is 6. The van der Waals surface area contributed by atoms with Gasteiger partial charge in [-0.25, -0.2) is 9.67 Å². The van der Waals surface area contributed by atoms with Gasteiger partial charge in [-0.2, -0.15) is 23.3 Å². The Kier molecular flexibility index (Phi) is 6.26. The van der Waals surface area contributed by atoms with Gasteiger partial charge in [-0.1, -0.05) is 12.1 Å². The first-order valence-electron chi connectivity index (χ1n) is 10.4. The van der Waals surface area contributed by atoms with Crippen LogP contribution in [-0.2, 0) is 13.2 Å². The topological polar surface area (TPSA) is 108 Å². The molecule has 1 fully saturated rings. The van der Waals surface area contributed by atoms with Gasteiger partial charge in [-0.3, -0.25) is 10.1 Å². The van der Waals surface area contributed by atoms with Crippen LogP contribution in [0, 0.1) is 17.0 Å². The highest BCUT2D eigenvalue weighted by molar-refractivity contribution is 5.63. The fraction of sp³-hybridized carbons (Fsp3) is 0.381. The lowest BCUT2D eigenvalue weighted by Gasteiger charge is -2.33. The Morgan fingerprint density at radius 1 is 1.18 bits per heavy atom. The second kappa shape index (κ2) is 9.15. The van der Waals surface area contributed by atoms with E-state index in [1.165, 1.54) is 29.2 Å². The van der Waals surface area contributed by atoms with Crippen molar-refractivity contribution in [1.82, 2.24) is 19.7 Å². The molecule has 0 N–H and O–H groups in total. The Labute approximate surface area is 192 Å². The summed E-state index contributed by atoms with van der Waals surface area (Å²) in [4.78, 5) is 21.0. The molecule has 0 spiro atoms. The van der Waals surface area contributed by atoms with E-state index in [0.29, 0.717) is 31.6 Å². The molecule has 34 heavy (non-hydrogen) atoms. The van der Waals surface area contributed by atoms with Gasteiger partial charge in [0.25, 0.3) is 0 Å². The third-order valence-electron chi connectivity index (χ3n) is 5.34. The van der Waals surface area contributed by atoms with E-state index in [4.69, 9.17) is 9.47 Å². The summed E-state index contributed by atoms with van der Waals surface area (Å²) in [5, 5.41) is 16.0. The summed E-state index contributed by atoms with van der Waals surface area (Å²) in [5.41, 5.74) is -0.567. The number of ether oxygens (including phenoxy) is 2. The zero-order chi connectivity index (χ0) is 24.5. The molecule has 3 aromatic rings. The largest absolute Gasteiger partial charge is 0.490 e. The molecule has 0 saturated carbocycles. The molecule has 0 atom stereocenters. The second-order valence-corrected chi connectivity index (χ2v) is 7.76. The van der Waals surface area contributed by atoms with Crippen molar-refractivity contribution in [3.63, 3.8) is 0 Å². The van der Waals surface area contributed by atoms with Crippen LogP contribution in [0.3, 0.4) is 0 Å². The number of benzene rings is 1. The van der Waals surface area contributed by atoms with Crippen LogP contribution in [0.5, 0.6) is 17.5 Å². The van der Waals surface area contributed by atoms with Gasteiger partial charge in [-0.05, 0) is 19.1 Å². The zero-order valence-electron chi connectivity index (χ0n) is 18.3. The molecule has 0 aliphatic carbocycles. The molecule has 10 nitrogen and oxygen atoms in total. The number of rotatable bonds is 6. The van der Waals surface area contributed by atoms with Crippen LogP contribution in [0.15, 0.2) is 36.7 Å². The normalized spacial score (nSPS) is 14.8. The number of alkyl halides is 3. The van der Waals surface area contributed by atoms with Gasteiger partial charge in [0.2, 0.25) is 11.7 Å².